The maximum Gasteiger partial charge on any atom is 0.309 e. The Morgan fingerprint density at radius 2 is 2.00 bits per heavy atom. The molecule has 1 saturated heterocycles. The van der Waals surface area contributed by atoms with E-state index in [1.54, 1.807) is 6.41 Å². The molecule has 1 amide bonds. The van der Waals surface area contributed by atoms with Gasteiger partial charge in [-0.2, -0.15) is 0 Å². The van der Waals surface area contributed by atoms with Crippen LogP contribution >= 0.6 is 0 Å². The Kier molecular flexibility index (Phi) is 3.98. The minimum Gasteiger partial charge on any atom is -0.347 e. The van der Waals surface area contributed by atoms with Crippen molar-refractivity contribution in [3.63, 3.8) is 0 Å². The number of piperidine rings is 1. The molecule has 0 bridgehead atoms. The number of hydrogen-bond acceptors (Lipinski definition) is 2. The van der Waals surface area contributed by atoms with Crippen LogP contribution in [0.3, 0.4) is 0 Å². The third-order valence-electron chi connectivity index (χ3n) is 2.07. The maximum absolute atomic E-state index is 9.79. The molecule has 3 heteroatoms. The first-order valence-electron chi connectivity index (χ1n) is 4.26. The highest BCUT2D eigenvalue weighted by Gasteiger charge is 2.08. The predicted molar refractivity (Wildman–Crippen MR) is 44.0 cm³/mol. The second-order valence-electron chi connectivity index (χ2n) is 2.93. The molecule has 0 aromatic carbocycles. The van der Waals surface area contributed by atoms with Crippen LogP contribution in [0.5, 0.6) is 0 Å². The molecule has 1 aliphatic heterocycles. The first-order chi connectivity index (χ1) is 5.43. The SMILES string of the molecule is O=[C]NCCN1CCCCC1. The van der Waals surface area contributed by atoms with Crippen molar-refractivity contribution in [2.45, 2.75) is 19.3 Å². The largest absolute Gasteiger partial charge is 0.347 e. The Morgan fingerprint density at radius 1 is 1.27 bits per heavy atom. The molecule has 1 N–H and O–H groups in total. The average Bonchev–Trinajstić information content (AvgIpc) is 2.07. The molecular weight excluding hydrogens is 140 g/mol. The number of hydrogen-bond donors (Lipinski definition) is 1. The zero-order valence-electron chi connectivity index (χ0n) is 6.81. The third-order valence-corrected chi connectivity index (χ3v) is 2.07. The van der Waals surface area contributed by atoms with Crippen molar-refractivity contribution in [3.8, 4) is 0 Å². The summed E-state index contributed by atoms with van der Waals surface area (Å²) in [6, 6.07) is 0. The molecule has 1 fully saturated rings. The lowest BCUT2D eigenvalue weighted by Crippen LogP contribution is -2.35. The smallest absolute Gasteiger partial charge is 0.309 e. The normalized spacial score (nSPS) is 19.6. The number of amides is 1. The van der Waals surface area contributed by atoms with Crippen LogP contribution in [0, 0.1) is 0 Å². The number of likely N-dealkylation sites (tertiary alicyclic amines) is 1. The second kappa shape index (κ2) is 5.13. The summed E-state index contributed by atoms with van der Waals surface area (Å²) < 4.78 is 0. The summed E-state index contributed by atoms with van der Waals surface area (Å²) in [5.41, 5.74) is 0. The number of nitrogens with one attached hydrogen (secondary N) is 1. The van der Waals surface area contributed by atoms with Crippen LogP contribution in [-0.2, 0) is 4.79 Å². The summed E-state index contributed by atoms with van der Waals surface area (Å²) >= 11 is 0. The molecular formula is C8H15N2O. The van der Waals surface area contributed by atoms with Crippen molar-refractivity contribution in [2.75, 3.05) is 26.2 Å². The van der Waals surface area contributed by atoms with Gasteiger partial charge in [-0.3, -0.25) is 4.79 Å². The fourth-order valence-corrected chi connectivity index (χ4v) is 1.45. The first kappa shape index (κ1) is 8.53. The van der Waals surface area contributed by atoms with Gasteiger partial charge in [0, 0.05) is 13.1 Å². The zero-order valence-corrected chi connectivity index (χ0v) is 6.81. The zero-order chi connectivity index (χ0) is 7.94. The molecule has 1 radical (unpaired) electrons. The summed E-state index contributed by atoms with van der Waals surface area (Å²) in [5, 5.41) is 2.55. The lowest BCUT2D eigenvalue weighted by Gasteiger charge is -2.25. The van der Waals surface area contributed by atoms with Gasteiger partial charge in [-0.15, -0.1) is 0 Å². The second-order valence-corrected chi connectivity index (χ2v) is 2.93. The standard InChI is InChI=1S/C8H15N2O/c11-8-9-4-7-10-5-2-1-3-6-10/h1-7H2,(H,9,11). The maximum atomic E-state index is 9.79. The molecule has 0 atom stereocenters. The van der Waals surface area contributed by atoms with Crippen LogP contribution in [0.1, 0.15) is 19.3 Å². The summed E-state index contributed by atoms with van der Waals surface area (Å²) in [4.78, 5) is 12.2. The number of rotatable bonds is 4. The van der Waals surface area contributed by atoms with E-state index in [1.165, 1.54) is 32.4 Å². The minimum atomic E-state index is 0.740. The summed E-state index contributed by atoms with van der Waals surface area (Å²) in [5.74, 6) is 0. The summed E-state index contributed by atoms with van der Waals surface area (Å²) in [7, 11) is 0. The molecule has 1 rings (SSSR count). The van der Waals surface area contributed by atoms with Gasteiger partial charge in [-0.1, -0.05) is 6.42 Å². The van der Waals surface area contributed by atoms with Gasteiger partial charge in [0.1, 0.15) is 0 Å². The van der Waals surface area contributed by atoms with Crippen LogP contribution in [0.25, 0.3) is 0 Å². The lowest BCUT2D eigenvalue weighted by molar-refractivity contribution is 0.232. The van der Waals surface area contributed by atoms with Crippen LogP contribution < -0.4 is 5.32 Å². The topological polar surface area (TPSA) is 32.3 Å². The Hall–Kier alpha value is -0.570. The highest BCUT2D eigenvalue weighted by Crippen LogP contribution is 2.06. The van der Waals surface area contributed by atoms with Gasteiger partial charge >= 0.3 is 6.41 Å². The van der Waals surface area contributed by atoms with Crippen molar-refractivity contribution >= 4 is 6.41 Å². The van der Waals surface area contributed by atoms with Crippen molar-refractivity contribution < 1.29 is 4.79 Å². The monoisotopic (exact) mass is 155 g/mol. The van der Waals surface area contributed by atoms with Gasteiger partial charge in [0.05, 0.1) is 0 Å². The van der Waals surface area contributed by atoms with Gasteiger partial charge in [0.25, 0.3) is 0 Å². The molecule has 11 heavy (non-hydrogen) atoms. The molecule has 0 aromatic heterocycles. The molecule has 1 aliphatic rings. The molecule has 0 saturated carbocycles. The number of nitrogens with zero attached hydrogens (tertiary/aromatic N) is 1. The quantitative estimate of drug-likeness (QED) is 0.462. The van der Waals surface area contributed by atoms with E-state index in [0.29, 0.717) is 0 Å². The minimum absolute atomic E-state index is 0.740. The van der Waals surface area contributed by atoms with Gasteiger partial charge in [0.2, 0.25) is 0 Å². The van der Waals surface area contributed by atoms with Crippen LogP contribution in [-0.4, -0.2) is 37.5 Å². The molecule has 63 valence electrons. The fourth-order valence-electron chi connectivity index (χ4n) is 1.45. The predicted octanol–water partition coefficient (Wildman–Crippen LogP) is 0.129. The van der Waals surface area contributed by atoms with Crippen LogP contribution in [0.4, 0.5) is 0 Å². The van der Waals surface area contributed by atoms with Crippen molar-refractivity contribution in [3.05, 3.63) is 0 Å². The molecule has 3 nitrogen and oxygen atoms in total. The van der Waals surface area contributed by atoms with Crippen molar-refractivity contribution in [1.82, 2.24) is 10.2 Å². The fraction of sp³-hybridized carbons (Fsp3) is 0.875. The van der Waals surface area contributed by atoms with Crippen LogP contribution in [0.15, 0.2) is 0 Å². The van der Waals surface area contributed by atoms with E-state index in [2.05, 4.69) is 10.2 Å². The average molecular weight is 155 g/mol. The van der Waals surface area contributed by atoms with E-state index in [9.17, 15) is 4.79 Å². The van der Waals surface area contributed by atoms with Gasteiger partial charge in [0.15, 0.2) is 0 Å². The highest BCUT2D eigenvalue weighted by atomic mass is 16.1. The number of carbonyl (C=O) groups excluding carboxylic acids is 1. The molecule has 0 aliphatic carbocycles. The van der Waals surface area contributed by atoms with Gasteiger partial charge in [-0.05, 0) is 25.9 Å². The molecule has 0 unspecified atom stereocenters. The van der Waals surface area contributed by atoms with E-state index < -0.39 is 0 Å². The van der Waals surface area contributed by atoms with Gasteiger partial charge < -0.3 is 10.2 Å². The molecule has 1 heterocycles. The summed E-state index contributed by atoms with van der Waals surface area (Å²) in [6.45, 7) is 4.11. The Bertz CT molecular complexity index is 111. The Morgan fingerprint density at radius 3 is 2.64 bits per heavy atom. The van der Waals surface area contributed by atoms with Crippen molar-refractivity contribution in [2.24, 2.45) is 0 Å². The van der Waals surface area contributed by atoms with Crippen molar-refractivity contribution in [1.29, 1.82) is 0 Å². The van der Waals surface area contributed by atoms with E-state index in [1.807, 2.05) is 0 Å². The first-order valence-corrected chi connectivity index (χ1v) is 4.26. The summed E-state index contributed by atoms with van der Waals surface area (Å²) in [6.07, 6.45) is 5.67. The molecule has 0 aromatic rings. The Balaban J connectivity index is 2.00. The van der Waals surface area contributed by atoms with E-state index in [4.69, 9.17) is 0 Å². The van der Waals surface area contributed by atoms with Gasteiger partial charge in [-0.25, -0.2) is 0 Å². The highest BCUT2D eigenvalue weighted by molar-refractivity contribution is 5.46. The molecule has 0 spiro atoms. The van der Waals surface area contributed by atoms with Crippen LogP contribution in [0.2, 0.25) is 0 Å². The van der Waals surface area contributed by atoms with E-state index in [0.717, 1.165) is 13.1 Å². The van der Waals surface area contributed by atoms with E-state index in [-0.39, 0.29) is 0 Å². The Labute approximate surface area is 67.8 Å². The third kappa shape index (κ3) is 3.37. The lowest BCUT2D eigenvalue weighted by atomic mass is 10.1. The van der Waals surface area contributed by atoms with E-state index >= 15 is 0 Å².